The second-order valence-corrected chi connectivity index (χ2v) is 7.24. The molecule has 7 nitrogen and oxygen atoms in total. The second kappa shape index (κ2) is 10.6. The highest BCUT2D eigenvalue weighted by atomic mass is 19.4. The number of carbonyl (C=O) groups excluding carboxylic acids is 2. The number of benzene rings is 1. The molecule has 0 aliphatic carbocycles. The minimum atomic E-state index is -4.40. The highest BCUT2D eigenvalue weighted by Gasteiger charge is 2.27. The van der Waals surface area contributed by atoms with Crippen LogP contribution in [0.4, 0.5) is 18.9 Å². The van der Waals surface area contributed by atoms with Crippen molar-refractivity contribution in [1.82, 2.24) is 15.1 Å². The van der Waals surface area contributed by atoms with Gasteiger partial charge in [-0.1, -0.05) is 12.1 Å². The normalized spacial score (nSPS) is 17.0. The molecule has 1 fully saturated rings. The first kappa shape index (κ1) is 23.1. The summed E-state index contributed by atoms with van der Waals surface area (Å²) in [6.45, 7) is 4.63. The van der Waals surface area contributed by atoms with Crippen LogP contribution < -0.4 is 10.6 Å². The lowest BCUT2D eigenvalue weighted by atomic mass is 10.2. The number of anilines is 1. The fourth-order valence-electron chi connectivity index (χ4n) is 2.96. The third-order valence-corrected chi connectivity index (χ3v) is 4.43. The van der Waals surface area contributed by atoms with E-state index >= 15 is 0 Å². The fraction of sp³-hybridized carbons (Fsp3) is 0.579. The Morgan fingerprint density at radius 2 is 1.86 bits per heavy atom. The van der Waals surface area contributed by atoms with Crippen molar-refractivity contribution in [3.8, 4) is 0 Å². The maximum Gasteiger partial charge on any atom is 0.411 e. The van der Waals surface area contributed by atoms with Gasteiger partial charge in [-0.3, -0.25) is 14.5 Å². The van der Waals surface area contributed by atoms with Crippen LogP contribution in [0.15, 0.2) is 24.3 Å². The van der Waals surface area contributed by atoms with E-state index in [4.69, 9.17) is 0 Å². The Morgan fingerprint density at radius 3 is 2.52 bits per heavy atom. The van der Waals surface area contributed by atoms with Gasteiger partial charge in [0.2, 0.25) is 0 Å². The van der Waals surface area contributed by atoms with E-state index < -0.39 is 24.6 Å². The zero-order chi connectivity index (χ0) is 21.4. The molecule has 0 bridgehead atoms. The highest BCUT2D eigenvalue weighted by molar-refractivity contribution is 6.39. The van der Waals surface area contributed by atoms with Gasteiger partial charge in [-0.2, -0.15) is 13.2 Å². The molecule has 0 unspecified atom stereocenters. The van der Waals surface area contributed by atoms with Gasteiger partial charge >= 0.3 is 18.0 Å². The summed E-state index contributed by atoms with van der Waals surface area (Å²) >= 11 is 0. The van der Waals surface area contributed by atoms with Crippen molar-refractivity contribution >= 4 is 17.5 Å². The Hall–Kier alpha value is -2.17. The van der Waals surface area contributed by atoms with E-state index in [0.717, 1.165) is 26.2 Å². The first-order chi connectivity index (χ1) is 13.6. The predicted octanol–water partition coefficient (Wildman–Crippen LogP) is 1.46. The summed E-state index contributed by atoms with van der Waals surface area (Å²) in [7, 11) is 2.06. The summed E-state index contributed by atoms with van der Waals surface area (Å²) in [6.07, 6.45) is -4.40. The van der Waals surface area contributed by atoms with Crippen molar-refractivity contribution in [2.75, 3.05) is 51.7 Å². The van der Waals surface area contributed by atoms with E-state index in [1.54, 1.807) is 18.2 Å². The summed E-state index contributed by atoms with van der Waals surface area (Å²) in [6, 6.07) is 5.96. The van der Waals surface area contributed by atoms with Crippen LogP contribution in [0.2, 0.25) is 0 Å². The fourth-order valence-corrected chi connectivity index (χ4v) is 2.96. The van der Waals surface area contributed by atoms with Crippen molar-refractivity contribution in [2.24, 2.45) is 0 Å². The van der Waals surface area contributed by atoms with Gasteiger partial charge in [0.25, 0.3) is 0 Å². The molecule has 0 aromatic heterocycles. The number of piperazine rings is 1. The molecule has 0 saturated carbocycles. The van der Waals surface area contributed by atoms with Crippen molar-refractivity contribution in [1.29, 1.82) is 0 Å². The number of nitrogens with zero attached hydrogens (tertiary/aromatic N) is 2. The molecule has 1 aromatic carbocycles. The Labute approximate surface area is 168 Å². The molecular formula is C19H27F3N4O3. The number of amides is 2. The number of ether oxygens (including phenoxy) is 1. The highest BCUT2D eigenvalue weighted by Crippen LogP contribution is 2.17. The zero-order valence-corrected chi connectivity index (χ0v) is 16.6. The number of carbonyl (C=O) groups is 2. The van der Waals surface area contributed by atoms with Gasteiger partial charge in [-0.05, 0) is 31.7 Å². The van der Waals surface area contributed by atoms with E-state index in [2.05, 4.69) is 32.2 Å². The van der Waals surface area contributed by atoms with Gasteiger partial charge in [-0.25, -0.2) is 0 Å². The van der Waals surface area contributed by atoms with Gasteiger partial charge in [-0.15, -0.1) is 0 Å². The van der Waals surface area contributed by atoms with Gasteiger partial charge in [0.1, 0.15) is 6.61 Å². The zero-order valence-electron chi connectivity index (χ0n) is 16.6. The summed E-state index contributed by atoms with van der Waals surface area (Å²) in [4.78, 5) is 28.7. The van der Waals surface area contributed by atoms with Crippen molar-refractivity contribution in [2.45, 2.75) is 25.7 Å². The predicted molar refractivity (Wildman–Crippen MR) is 102 cm³/mol. The minimum Gasteiger partial charge on any atom is -0.367 e. The van der Waals surface area contributed by atoms with Crippen LogP contribution in [-0.4, -0.2) is 80.2 Å². The Morgan fingerprint density at radius 1 is 1.17 bits per heavy atom. The monoisotopic (exact) mass is 416 g/mol. The molecule has 162 valence electrons. The van der Waals surface area contributed by atoms with Crippen LogP contribution in [0, 0.1) is 0 Å². The van der Waals surface area contributed by atoms with E-state index in [0.29, 0.717) is 17.8 Å². The molecule has 1 heterocycles. The van der Waals surface area contributed by atoms with Crippen LogP contribution in [0.5, 0.6) is 0 Å². The molecule has 1 saturated heterocycles. The van der Waals surface area contributed by atoms with Crippen molar-refractivity contribution < 1.29 is 27.5 Å². The van der Waals surface area contributed by atoms with Gasteiger partial charge in [0, 0.05) is 44.5 Å². The number of rotatable bonds is 7. The van der Waals surface area contributed by atoms with Crippen LogP contribution in [-0.2, 0) is 20.9 Å². The third-order valence-electron chi connectivity index (χ3n) is 4.43. The van der Waals surface area contributed by atoms with E-state index in [1.165, 1.54) is 6.07 Å². The Bertz CT molecular complexity index is 692. The lowest BCUT2D eigenvalue weighted by Gasteiger charge is -2.33. The van der Waals surface area contributed by atoms with Crippen molar-refractivity contribution in [3.05, 3.63) is 29.8 Å². The summed E-state index contributed by atoms with van der Waals surface area (Å²) in [5.74, 6) is -1.59. The molecular weight excluding hydrogens is 389 g/mol. The number of halogens is 3. The summed E-state index contributed by atoms with van der Waals surface area (Å²) < 4.78 is 41.0. The van der Waals surface area contributed by atoms with Gasteiger partial charge in [0.15, 0.2) is 0 Å². The molecule has 2 rings (SSSR count). The number of likely N-dealkylation sites (N-methyl/N-ethyl adjacent to an activating group) is 1. The van der Waals surface area contributed by atoms with Crippen LogP contribution in [0.25, 0.3) is 0 Å². The van der Waals surface area contributed by atoms with Gasteiger partial charge in [0.05, 0.1) is 6.61 Å². The summed E-state index contributed by atoms with van der Waals surface area (Å²) in [5.41, 5.74) is 0.765. The Balaban J connectivity index is 1.78. The maximum absolute atomic E-state index is 12.1. The average Bonchev–Trinajstić information content (AvgIpc) is 2.63. The maximum atomic E-state index is 12.1. The largest absolute Gasteiger partial charge is 0.411 e. The first-order valence-corrected chi connectivity index (χ1v) is 9.38. The van der Waals surface area contributed by atoms with E-state index in [1.807, 2.05) is 6.92 Å². The molecule has 0 radical (unpaired) electrons. The van der Waals surface area contributed by atoms with Crippen LogP contribution >= 0.6 is 0 Å². The average molecular weight is 416 g/mol. The lowest BCUT2D eigenvalue weighted by Crippen LogP contribution is -2.51. The van der Waals surface area contributed by atoms with Crippen LogP contribution in [0.3, 0.4) is 0 Å². The molecule has 1 atom stereocenters. The molecule has 1 aliphatic heterocycles. The smallest absolute Gasteiger partial charge is 0.367 e. The topological polar surface area (TPSA) is 73.9 Å². The Kier molecular flexibility index (Phi) is 8.42. The molecule has 10 heteroatoms. The van der Waals surface area contributed by atoms with Gasteiger partial charge < -0.3 is 20.3 Å². The number of nitrogens with one attached hydrogen (secondary N) is 2. The molecule has 1 aliphatic rings. The third kappa shape index (κ3) is 8.80. The molecule has 1 aromatic rings. The number of hydrogen-bond donors (Lipinski definition) is 2. The number of hydrogen-bond acceptors (Lipinski definition) is 5. The lowest BCUT2D eigenvalue weighted by molar-refractivity contribution is -0.176. The molecule has 2 amide bonds. The van der Waals surface area contributed by atoms with Crippen LogP contribution in [0.1, 0.15) is 12.5 Å². The molecule has 29 heavy (non-hydrogen) atoms. The van der Waals surface area contributed by atoms with E-state index in [-0.39, 0.29) is 12.6 Å². The number of alkyl halides is 3. The van der Waals surface area contributed by atoms with E-state index in [9.17, 15) is 22.8 Å². The second-order valence-electron chi connectivity index (χ2n) is 7.24. The van der Waals surface area contributed by atoms with Crippen molar-refractivity contribution in [3.63, 3.8) is 0 Å². The SMILES string of the molecule is C[C@@H](CN1CCN(C)CC1)NC(=O)C(=O)Nc1cccc(COCC(F)(F)F)c1. The first-order valence-electron chi connectivity index (χ1n) is 9.38. The standard InChI is InChI=1S/C19H27F3N4O3/c1-14(11-26-8-6-25(2)7-9-26)23-17(27)18(28)24-16-5-3-4-15(10-16)12-29-13-19(20,21)22/h3-5,10,14H,6-9,11-13H2,1-2H3,(H,23,27)(H,24,28)/t14-/m0/s1. The quantitative estimate of drug-likeness (QED) is 0.659. The minimum absolute atomic E-state index is 0.196. The summed E-state index contributed by atoms with van der Waals surface area (Å²) in [5, 5.41) is 5.12. The molecule has 0 spiro atoms. The molecule has 2 N–H and O–H groups in total.